The normalized spacial score (nSPS) is 11.0. The Bertz CT molecular complexity index is 1030. The van der Waals surface area contributed by atoms with Crippen molar-refractivity contribution < 1.29 is 23.1 Å². The fourth-order valence-electron chi connectivity index (χ4n) is 3.09. The molecule has 0 aliphatic heterocycles. The van der Waals surface area contributed by atoms with E-state index < -0.39 is 17.7 Å². The van der Waals surface area contributed by atoms with E-state index in [9.17, 15) is 18.0 Å². The number of halogens is 4. The number of carboxylic acids is 1. The quantitative estimate of drug-likeness (QED) is 0.490. The van der Waals surface area contributed by atoms with E-state index in [1.807, 2.05) is 24.3 Å². The summed E-state index contributed by atoms with van der Waals surface area (Å²) in [6.45, 7) is 3.47. The van der Waals surface area contributed by atoms with Crippen LogP contribution in [0.5, 0.6) is 0 Å². The first-order valence-electron chi connectivity index (χ1n) is 9.04. The van der Waals surface area contributed by atoms with Crippen molar-refractivity contribution in [1.29, 1.82) is 0 Å². The zero-order valence-electron chi connectivity index (χ0n) is 16.4. The average Bonchev–Trinajstić information content (AvgIpc) is 2.98. The number of aromatic carboxylic acids is 1. The van der Waals surface area contributed by atoms with Crippen molar-refractivity contribution >= 4 is 17.6 Å². The maximum atomic E-state index is 13.0. The minimum atomic E-state index is -4.50. The van der Waals surface area contributed by atoms with Gasteiger partial charge in [0.05, 0.1) is 16.8 Å². The largest absolute Gasteiger partial charge is 0.677 e. The van der Waals surface area contributed by atoms with E-state index in [4.69, 9.17) is 22.4 Å². The fourth-order valence-corrected chi connectivity index (χ4v) is 3.32. The lowest BCUT2D eigenvalue weighted by Gasteiger charge is -2.16. The number of aromatic nitrogens is 1. The number of hydrogen-bond donors (Lipinski definition) is 1. The zero-order valence-corrected chi connectivity index (χ0v) is 17.2. The molecule has 0 unspecified atom stereocenters. The van der Waals surface area contributed by atoms with Crippen molar-refractivity contribution in [1.82, 2.24) is 4.57 Å². The van der Waals surface area contributed by atoms with Gasteiger partial charge >= 0.3 is 12.1 Å². The Kier molecular flexibility index (Phi) is 7.70. The molecule has 0 spiro atoms. The number of hydrogen-bond acceptors (Lipinski definition) is 1. The summed E-state index contributed by atoms with van der Waals surface area (Å²) in [7, 11) is 0. The summed E-state index contributed by atoms with van der Waals surface area (Å²) >= 11 is 5.82. The van der Waals surface area contributed by atoms with E-state index in [-0.39, 0.29) is 16.9 Å². The molecule has 3 rings (SSSR count). The van der Waals surface area contributed by atoms with Gasteiger partial charge in [-0.15, -0.1) is 6.54 Å². The molecular formula is C22H21ClF3N2O2-. The number of nitrogens with one attached hydrogen (secondary N) is 1. The van der Waals surface area contributed by atoms with Gasteiger partial charge in [0.1, 0.15) is 0 Å². The second kappa shape index (κ2) is 9.82. The van der Waals surface area contributed by atoms with Crippen LogP contribution in [0, 0.1) is 13.8 Å². The highest BCUT2D eigenvalue weighted by Crippen LogP contribution is 2.35. The third kappa shape index (κ3) is 5.43. The highest BCUT2D eigenvalue weighted by Gasteiger charge is 2.34. The van der Waals surface area contributed by atoms with Gasteiger partial charge in [0.25, 0.3) is 0 Å². The monoisotopic (exact) mass is 437 g/mol. The first-order chi connectivity index (χ1) is 14.1. The number of nitrogens with zero attached hydrogens (tertiary/aromatic N) is 1. The zero-order chi connectivity index (χ0) is 22.5. The molecule has 8 heteroatoms. The minimum absolute atomic E-state index is 0.000484. The van der Waals surface area contributed by atoms with Crippen molar-refractivity contribution in [2.45, 2.75) is 26.4 Å². The second-order valence-electron chi connectivity index (χ2n) is 6.53. The van der Waals surface area contributed by atoms with Crippen LogP contribution < -0.4 is 0 Å². The molecule has 0 radical (unpaired) electrons. The molecule has 0 saturated carbocycles. The van der Waals surface area contributed by atoms with Crippen LogP contribution in [0.2, 0.25) is 5.02 Å². The highest BCUT2D eigenvalue weighted by molar-refractivity contribution is 6.31. The average molecular weight is 438 g/mol. The first kappa shape index (κ1) is 23.5. The Morgan fingerprint density at radius 3 is 2.23 bits per heavy atom. The van der Waals surface area contributed by atoms with Crippen molar-refractivity contribution in [2.24, 2.45) is 0 Å². The maximum Gasteiger partial charge on any atom is 0.418 e. The number of aryl methyl sites for hydroxylation is 1. The predicted molar refractivity (Wildman–Crippen MR) is 112 cm³/mol. The van der Waals surface area contributed by atoms with Crippen LogP contribution >= 0.6 is 11.6 Å². The van der Waals surface area contributed by atoms with Gasteiger partial charge in [-0.2, -0.15) is 13.2 Å². The lowest BCUT2D eigenvalue weighted by Crippen LogP contribution is -2.12. The number of para-hydroxylation sites is 1. The van der Waals surface area contributed by atoms with Gasteiger partial charge in [-0.05, 0) is 50.1 Å². The van der Waals surface area contributed by atoms with E-state index in [0.717, 1.165) is 23.1 Å². The van der Waals surface area contributed by atoms with Crippen LogP contribution in [-0.4, -0.2) is 22.2 Å². The summed E-state index contributed by atoms with van der Waals surface area (Å²) in [6.07, 6.45) is -3.75. The molecule has 2 aromatic carbocycles. The molecule has 3 aromatic rings. The minimum Gasteiger partial charge on any atom is -0.677 e. The maximum absolute atomic E-state index is 13.0. The van der Waals surface area contributed by atoms with Gasteiger partial charge in [-0.25, -0.2) is 4.79 Å². The van der Waals surface area contributed by atoms with E-state index in [2.05, 4.69) is 0 Å². The van der Waals surface area contributed by atoms with Gasteiger partial charge in [0, 0.05) is 16.4 Å². The number of carbonyl (C=O) groups is 1. The van der Waals surface area contributed by atoms with E-state index in [0.29, 0.717) is 12.2 Å². The van der Waals surface area contributed by atoms with Crippen LogP contribution in [-0.2, 0) is 12.6 Å². The molecule has 0 aliphatic carbocycles. The molecule has 4 nitrogen and oxygen atoms in total. The smallest absolute Gasteiger partial charge is 0.418 e. The molecule has 0 saturated heterocycles. The van der Waals surface area contributed by atoms with Crippen LogP contribution in [0.4, 0.5) is 13.2 Å². The molecule has 0 atom stereocenters. The number of alkyl halides is 3. The molecule has 30 heavy (non-hydrogen) atoms. The second-order valence-corrected chi connectivity index (χ2v) is 6.94. The Balaban J connectivity index is 0.000000269. The predicted octanol–water partition coefficient (Wildman–Crippen LogP) is 6.75. The van der Waals surface area contributed by atoms with Gasteiger partial charge in [-0.3, -0.25) is 0 Å². The van der Waals surface area contributed by atoms with E-state index >= 15 is 0 Å². The van der Waals surface area contributed by atoms with Crippen molar-refractivity contribution in [2.75, 3.05) is 6.54 Å². The van der Waals surface area contributed by atoms with Gasteiger partial charge in [0.2, 0.25) is 0 Å². The third-order valence-electron chi connectivity index (χ3n) is 4.46. The SMILES string of the molecule is Cc1cc(C(=O)O)c(C)n1-c1ccccc1C(F)(F)F.[NH-]CCc1ccccc1Cl. The van der Waals surface area contributed by atoms with E-state index in [1.54, 1.807) is 6.92 Å². The van der Waals surface area contributed by atoms with E-state index in [1.165, 1.54) is 35.8 Å². The van der Waals surface area contributed by atoms with Crippen molar-refractivity contribution in [3.8, 4) is 5.69 Å². The topological polar surface area (TPSA) is 66.0 Å². The number of benzene rings is 2. The van der Waals surface area contributed by atoms with Crippen molar-refractivity contribution in [3.05, 3.63) is 93.4 Å². The molecule has 0 aliphatic rings. The molecule has 1 aromatic heterocycles. The van der Waals surface area contributed by atoms with Gasteiger partial charge < -0.3 is 15.4 Å². The first-order valence-corrected chi connectivity index (χ1v) is 9.42. The molecule has 0 amide bonds. The van der Waals surface area contributed by atoms with Gasteiger partial charge in [0.15, 0.2) is 0 Å². The number of rotatable bonds is 4. The summed E-state index contributed by atoms with van der Waals surface area (Å²) in [4.78, 5) is 11.1. The molecule has 2 N–H and O–H groups in total. The molecular weight excluding hydrogens is 417 g/mol. The summed E-state index contributed by atoms with van der Waals surface area (Å²) in [6, 6.07) is 14.1. The summed E-state index contributed by atoms with van der Waals surface area (Å²) in [5.74, 6) is -1.16. The van der Waals surface area contributed by atoms with Crippen LogP contribution in [0.25, 0.3) is 11.4 Å². The molecule has 160 valence electrons. The van der Waals surface area contributed by atoms with Gasteiger partial charge in [-0.1, -0.05) is 41.9 Å². The molecule has 1 heterocycles. The molecule has 0 bridgehead atoms. The summed E-state index contributed by atoms with van der Waals surface area (Å²) in [5, 5.41) is 9.82. The molecule has 0 fully saturated rings. The lowest BCUT2D eigenvalue weighted by atomic mass is 10.1. The number of carboxylic acid groups (broad SMARTS) is 1. The summed E-state index contributed by atoms with van der Waals surface area (Å²) in [5.41, 5.74) is 7.90. The van der Waals surface area contributed by atoms with Crippen LogP contribution in [0.3, 0.4) is 0 Å². The summed E-state index contributed by atoms with van der Waals surface area (Å²) < 4.78 is 40.4. The third-order valence-corrected chi connectivity index (χ3v) is 4.83. The van der Waals surface area contributed by atoms with Crippen LogP contribution in [0.15, 0.2) is 54.6 Å². The Morgan fingerprint density at radius 1 is 1.10 bits per heavy atom. The lowest BCUT2D eigenvalue weighted by molar-refractivity contribution is -0.137. The highest BCUT2D eigenvalue weighted by atomic mass is 35.5. The Labute approximate surface area is 177 Å². The van der Waals surface area contributed by atoms with Crippen molar-refractivity contribution in [3.63, 3.8) is 0 Å². The Morgan fingerprint density at radius 2 is 1.70 bits per heavy atom. The Hall–Kier alpha value is -2.77. The fraction of sp³-hybridized carbons (Fsp3) is 0.227. The van der Waals surface area contributed by atoms with Crippen LogP contribution in [0.1, 0.15) is 32.9 Å². The standard InChI is InChI=1S/C14H12F3NO2.C8H9ClN/c1-8-7-10(13(19)20)9(2)18(8)12-6-4-3-5-11(12)14(15,16)17;9-8-4-2-1-3-7(8)5-6-10/h3-7H,1-2H3,(H,19,20);1-4,10H,5-6H2/q;-1.